The molecule has 0 aliphatic carbocycles. The zero-order chi connectivity index (χ0) is 17.6. The molecule has 0 spiro atoms. The van der Waals surface area contributed by atoms with Crippen LogP contribution in [0.3, 0.4) is 0 Å². The molecule has 2 aromatic carbocycles. The number of nitro benzene ring substituents is 1. The molecule has 0 bridgehead atoms. The Balaban J connectivity index is 1.65. The van der Waals surface area contributed by atoms with Gasteiger partial charge in [0.15, 0.2) is 4.34 Å². The van der Waals surface area contributed by atoms with Gasteiger partial charge >= 0.3 is 0 Å². The molecule has 0 fully saturated rings. The summed E-state index contributed by atoms with van der Waals surface area (Å²) in [6.45, 7) is 0. The van der Waals surface area contributed by atoms with E-state index >= 15 is 0 Å². The SMILES string of the molecule is O=C(Nc1nnc(SCc2ccccc2)s1)c1ccccc1[N+](=O)[O-]. The number of aromatic nitrogens is 2. The number of nitrogens with zero attached hydrogens (tertiary/aromatic N) is 3. The first-order chi connectivity index (χ1) is 12.1. The van der Waals surface area contributed by atoms with Gasteiger partial charge in [-0.05, 0) is 11.6 Å². The van der Waals surface area contributed by atoms with Crippen molar-refractivity contribution in [2.24, 2.45) is 0 Å². The molecule has 0 saturated heterocycles. The maximum absolute atomic E-state index is 12.2. The molecular formula is C16H12N4O3S2. The smallest absolute Gasteiger partial charge is 0.282 e. The van der Waals surface area contributed by atoms with Crippen molar-refractivity contribution < 1.29 is 9.72 Å². The number of thioether (sulfide) groups is 1. The van der Waals surface area contributed by atoms with E-state index in [2.05, 4.69) is 15.5 Å². The van der Waals surface area contributed by atoms with Crippen LogP contribution in [0.25, 0.3) is 0 Å². The van der Waals surface area contributed by atoms with Gasteiger partial charge in [-0.3, -0.25) is 20.2 Å². The second kappa shape index (κ2) is 7.86. The summed E-state index contributed by atoms with van der Waals surface area (Å²) in [6.07, 6.45) is 0. The number of nitrogens with one attached hydrogen (secondary N) is 1. The highest BCUT2D eigenvalue weighted by Crippen LogP contribution is 2.29. The lowest BCUT2D eigenvalue weighted by Gasteiger charge is -2.01. The number of nitro groups is 1. The minimum Gasteiger partial charge on any atom is -0.296 e. The average Bonchev–Trinajstić information content (AvgIpc) is 3.08. The number of para-hydroxylation sites is 1. The van der Waals surface area contributed by atoms with E-state index in [9.17, 15) is 14.9 Å². The summed E-state index contributed by atoms with van der Waals surface area (Å²) in [7, 11) is 0. The molecule has 0 unspecified atom stereocenters. The third-order valence-electron chi connectivity index (χ3n) is 3.18. The summed E-state index contributed by atoms with van der Waals surface area (Å²) in [6, 6.07) is 15.7. The van der Waals surface area contributed by atoms with Gasteiger partial charge in [-0.15, -0.1) is 10.2 Å². The van der Waals surface area contributed by atoms with Crippen LogP contribution in [0.15, 0.2) is 58.9 Å². The third kappa shape index (κ3) is 4.40. The van der Waals surface area contributed by atoms with Crippen LogP contribution in [0.2, 0.25) is 0 Å². The summed E-state index contributed by atoms with van der Waals surface area (Å²) in [5, 5.41) is 21.8. The van der Waals surface area contributed by atoms with Crippen LogP contribution in [0.5, 0.6) is 0 Å². The van der Waals surface area contributed by atoms with Crippen LogP contribution in [-0.4, -0.2) is 21.0 Å². The number of rotatable bonds is 6. The standard InChI is InChI=1S/C16H12N4O3S2/c21-14(12-8-4-5-9-13(12)20(22)23)17-15-18-19-16(25-15)24-10-11-6-2-1-3-7-11/h1-9H,10H2,(H,17,18,21). The maximum atomic E-state index is 12.2. The largest absolute Gasteiger partial charge is 0.296 e. The monoisotopic (exact) mass is 372 g/mol. The lowest BCUT2D eigenvalue weighted by Crippen LogP contribution is -2.13. The number of carbonyl (C=O) groups excluding carboxylic acids is 1. The Morgan fingerprint density at radius 1 is 1.12 bits per heavy atom. The molecule has 3 aromatic rings. The van der Waals surface area contributed by atoms with Gasteiger partial charge in [0.1, 0.15) is 5.56 Å². The van der Waals surface area contributed by atoms with E-state index in [1.54, 1.807) is 6.07 Å². The van der Waals surface area contributed by atoms with Crippen molar-refractivity contribution in [2.75, 3.05) is 5.32 Å². The first kappa shape index (κ1) is 17.1. The molecule has 126 valence electrons. The molecule has 25 heavy (non-hydrogen) atoms. The third-order valence-corrected chi connectivity index (χ3v) is 5.22. The molecule has 0 aliphatic rings. The van der Waals surface area contributed by atoms with E-state index in [1.165, 1.54) is 41.3 Å². The van der Waals surface area contributed by atoms with Gasteiger partial charge in [-0.25, -0.2) is 0 Å². The van der Waals surface area contributed by atoms with Gasteiger partial charge in [0, 0.05) is 11.8 Å². The molecule has 1 aromatic heterocycles. The van der Waals surface area contributed by atoms with Gasteiger partial charge in [0.25, 0.3) is 11.6 Å². The van der Waals surface area contributed by atoms with E-state index in [1.807, 2.05) is 30.3 Å². The Morgan fingerprint density at radius 2 is 1.84 bits per heavy atom. The fourth-order valence-electron chi connectivity index (χ4n) is 2.03. The Hall–Kier alpha value is -2.78. The number of hydrogen-bond donors (Lipinski definition) is 1. The highest BCUT2D eigenvalue weighted by Gasteiger charge is 2.20. The topological polar surface area (TPSA) is 98.0 Å². The van der Waals surface area contributed by atoms with Crippen molar-refractivity contribution in [1.29, 1.82) is 0 Å². The fraction of sp³-hybridized carbons (Fsp3) is 0.0625. The predicted octanol–water partition coefficient (Wildman–Crippen LogP) is 3.99. The fourth-order valence-corrected chi connectivity index (χ4v) is 3.73. The zero-order valence-corrected chi connectivity index (χ0v) is 14.4. The van der Waals surface area contributed by atoms with E-state index in [-0.39, 0.29) is 11.3 Å². The van der Waals surface area contributed by atoms with Crippen molar-refractivity contribution in [3.63, 3.8) is 0 Å². The molecule has 0 aliphatic heterocycles. The van der Waals surface area contributed by atoms with Gasteiger partial charge < -0.3 is 0 Å². The van der Waals surface area contributed by atoms with E-state index in [4.69, 9.17) is 0 Å². The van der Waals surface area contributed by atoms with Crippen LogP contribution >= 0.6 is 23.1 Å². The van der Waals surface area contributed by atoms with Crippen molar-refractivity contribution >= 4 is 39.8 Å². The molecule has 0 atom stereocenters. The van der Waals surface area contributed by atoms with Crippen LogP contribution in [0.4, 0.5) is 10.8 Å². The van der Waals surface area contributed by atoms with Crippen molar-refractivity contribution in [2.45, 2.75) is 10.1 Å². The van der Waals surface area contributed by atoms with Crippen molar-refractivity contribution in [3.05, 3.63) is 75.8 Å². The molecule has 0 saturated carbocycles. The van der Waals surface area contributed by atoms with Crippen LogP contribution in [-0.2, 0) is 5.75 Å². The first-order valence-corrected chi connectivity index (χ1v) is 8.98. The summed E-state index contributed by atoms with van der Waals surface area (Å²) < 4.78 is 0.710. The zero-order valence-electron chi connectivity index (χ0n) is 12.8. The molecule has 1 heterocycles. The molecule has 3 rings (SSSR count). The van der Waals surface area contributed by atoms with E-state index in [0.29, 0.717) is 9.47 Å². The number of amides is 1. The second-order valence-corrected chi connectivity index (χ2v) is 7.08. The van der Waals surface area contributed by atoms with Crippen LogP contribution in [0, 0.1) is 10.1 Å². The van der Waals surface area contributed by atoms with Crippen molar-refractivity contribution in [3.8, 4) is 0 Å². The molecule has 0 radical (unpaired) electrons. The minimum atomic E-state index is -0.587. The lowest BCUT2D eigenvalue weighted by molar-refractivity contribution is -0.385. The minimum absolute atomic E-state index is 0.0128. The van der Waals surface area contributed by atoms with Gasteiger partial charge in [-0.2, -0.15) is 0 Å². The Morgan fingerprint density at radius 3 is 2.60 bits per heavy atom. The predicted molar refractivity (Wildman–Crippen MR) is 97.0 cm³/mol. The van der Waals surface area contributed by atoms with Crippen LogP contribution in [0.1, 0.15) is 15.9 Å². The van der Waals surface area contributed by atoms with Gasteiger partial charge in [-0.1, -0.05) is 65.6 Å². The number of carbonyl (C=O) groups is 1. The Labute approximate surface area is 151 Å². The molecule has 9 heteroatoms. The number of anilines is 1. The average molecular weight is 372 g/mol. The first-order valence-electron chi connectivity index (χ1n) is 7.18. The molecule has 7 nitrogen and oxygen atoms in total. The normalized spacial score (nSPS) is 10.4. The van der Waals surface area contributed by atoms with Crippen molar-refractivity contribution in [1.82, 2.24) is 10.2 Å². The lowest BCUT2D eigenvalue weighted by atomic mass is 10.1. The van der Waals surface area contributed by atoms with E-state index in [0.717, 1.165) is 11.3 Å². The highest BCUT2D eigenvalue weighted by molar-refractivity contribution is 8.00. The van der Waals surface area contributed by atoms with Gasteiger partial charge in [0.05, 0.1) is 4.92 Å². The summed E-state index contributed by atoms with van der Waals surface area (Å²) in [5.41, 5.74) is 0.901. The highest BCUT2D eigenvalue weighted by atomic mass is 32.2. The summed E-state index contributed by atoms with van der Waals surface area (Å²) in [4.78, 5) is 22.7. The Bertz CT molecular complexity index is 899. The Kier molecular flexibility index (Phi) is 5.36. The second-order valence-electron chi connectivity index (χ2n) is 4.88. The number of hydrogen-bond acceptors (Lipinski definition) is 7. The summed E-state index contributed by atoms with van der Waals surface area (Å²) in [5.74, 6) is 0.163. The molecular weight excluding hydrogens is 360 g/mol. The maximum Gasteiger partial charge on any atom is 0.282 e. The van der Waals surface area contributed by atoms with Gasteiger partial charge in [0.2, 0.25) is 5.13 Å². The quantitative estimate of drug-likeness (QED) is 0.304. The molecule has 1 amide bonds. The van der Waals surface area contributed by atoms with Crippen LogP contribution < -0.4 is 5.32 Å². The molecule has 1 N–H and O–H groups in total. The van der Waals surface area contributed by atoms with E-state index < -0.39 is 10.8 Å². The summed E-state index contributed by atoms with van der Waals surface area (Å²) >= 11 is 2.74. The number of benzene rings is 2.